The highest BCUT2D eigenvalue weighted by Crippen LogP contribution is 2.27. The Balaban J connectivity index is 1.54. The molecule has 2 unspecified atom stereocenters. The number of aliphatic hydroxyl groups excluding tert-OH is 1. The van der Waals surface area contributed by atoms with Gasteiger partial charge < -0.3 is 24.7 Å². The Hall–Kier alpha value is -2.92. The molecule has 0 aliphatic carbocycles. The van der Waals surface area contributed by atoms with Crippen LogP contribution in [0.2, 0.25) is 0 Å². The van der Waals surface area contributed by atoms with Crippen LogP contribution in [0.1, 0.15) is 43.1 Å². The lowest BCUT2D eigenvalue weighted by Gasteiger charge is -2.32. The van der Waals surface area contributed by atoms with E-state index >= 15 is 0 Å². The second kappa shape index (κ2) is 7.84. The average molecular weight is 392 g/mol. The van der Waals surface area contributed by atoms with Crippen molar-refractivity contribution in [2.75, 3.05) is 19.8 Å². The van der Waals surface area contributed by atoms with Gasteiger partial charge in [0, 0.05) is 36.1 Å². The van der Waals surface area contributed by atoms with Crippen molar-refractivity contribution in [2.24, 2.45) is 11.1 Å². The molecule has 1 aliphatic heterocycles. The van der Waals surface area contributed by atoms with Crippen molar-refractivity contribution in [1.82, 2.24) is 14.7 Å². The Morgan fingerprint density at radius 3 is 2.69 bits per heavy atom. The maximum atomic E-state index is 9.92. The van der Waals surface area contributed by atoms with Crippen LogP contribution in [0.5, 0.6) is 0 Å². The van der Waals surface area contributed by atoms with Gasteiger partial charge in [-0.15, -0.1) is 0 Å². The minimum atomic E-state index is -0.701. The van der Waals surface area contributed by atoms with Crippen LogP contribution in [0.15, 0.2) is 47.2 Å². The van der Waals surface area contributed by atoms with Crippen molar-refractivity contribution in [3.8, 4) is 23.2 Å². The van der Waals surface area contributed by atoms with Gasteiger partial charge in [0.05, 0.1) is 24.7 Å². The van der Waals surface area contributed by atoms with Gasteiger partial charge in [0.1, 0.15) is 17.6 Å². The van der Waals surface area contributed by atoms with E-state index in [9.17, 15) is 5.11 Å². The van der Waals surface area contributed by atoms with Crippen LogP contribution in [-0.2, 0) is 4.74 Å². The second-order valence-electron chi connectivity index (χ2n) is 7.62. The quantitative estimate of drug-likeness (QED) is 0.648. The second-order valence-corrected chi connectivity index (χ2v) is 7.62. The lowest BCUT2D eigenvalue weighted by atomic mass is 9.89. The van der Waals surface area contributed by atoms with E-state index in [2.05, 4.69) is 28.9 Å². The van der Waals surface area contributed by atoms with Crippen LogP contribution in [0.4, 0.5) is 0 Å². The topological polar surface area (TPSA) is 99.3 Å². The van der Waals surface area contributed by atoms with Crippen LogP contribution in [0, 0.1) is 17.3 Å². The lowest BCUT2D eigenvalue weighted by molar-refractivity contribution is -0.0648. The first kappa shape index (κ1) is 19.4. The van der Waals surface area contributed by atoms with E-state index in [-0.39, 0.29) is 11.5 Å². The van der Waals surface area contributed by atoms with Gasteiger partial charge in [-0.05, 0) is 38.1 Å². The maximum Gasteiger partial charge on any atom is 0.167 e. The SMILES string of the molecule is CC(O)c1nccn1C(CN)c1cc(-c2ccc(C#CC3(C)COC3)cc2)on1. The zero-order chi connectivity index (χ0) is 20.4. The summed E-state index contributed by atoms with van der Waals surface area (Å²) < 4.78 is 12.6. The number of rotatable bonds is 5. The Morgan fingerprint density at radius 2 is 2.07 bits per heavy atom. The molecular formula is C22H24N4O3. The monoisotopic (exact) mass is 392 g/mol. The van der Waals surface area contributed by atoms with Crippen LogP contribution in [-0.4, -0.2) is 39.6 Å². The standard InChI is InChI=1S/C22H24N4O3/c1-15(27)21-24-9-10-26(21)19(12-23)18-11-20(29-25-18)17-5-3-16(4-6-17)7-8-22(2)13-28-14-22/h3-6,9-11,15,19,27H,12-14,23H2,1-2H3. The molecule has 1 saturated heterocycles. The van der Waals surface area contributed by atoms with Gasteiger partial charge in [0.2, 0.25) is 0 Å². The Morgan fingerprint density at radius 1 is 1.31 bits per heavy atom. The number of ether oxygens (including phenoxy) is 1. The molecule has 0 amide bonds. The van der Waals surface area contributed by atoms with E-state index in [0.717, 1.165) is 11.1 Å². The number of nitrogens with two attached hydrogens (primary N) is 1. The van der Waals surface area contributed by atoms with E-state index < -0.39 is 6.10 Å². The molecule has 0 spiro atoms. The number of nitrogens with zero attached hydrogens (tertiary/aromatic N) is 3. The van der Waals surface area contributed by atoms with Gasteiger partial charge in [0.15, 0.2) is 5.76 Å². The number of hydrogen-bond acceptors (Lipinski definition) is 6. The molecule has 7 nitrogen and oxygen atoms in total. The van der Waals surface area contributed by atoms with Gasteiger partial charge in [-0.2, -0.15) is 0 Å². The van der Waals surface area contributed by atoms with E-state index in [4.69, 9.17) is 15.0 Å². The zero-order valence-electron chi connectivity index (χ0n) is 16.5. The van der Waals surface area contributed by atoms with Crippen LogP contribution < -0.4 is 5.73 Å². The van der Waals surface area contributed by atoms with Crippen molar-refractivity contribution in [1.29, 1.82) is 0 Å². The molecule has 3 aromatic rings. The number of imidazole rings is 1. The van der Waals surface area contributed by atoms with Gasteiger partial charge in [-0.1, -0.05) is 17.0 Å². The predicted molar refractivity (Wildman–Crippen MR) is 108 cm³/mol. The first-order valence-corrected chi connectivity index (χ1v) is 9.58. The van der Waals surface area contributed by atoms with Gasteiger partial charge in [0.25, 0.3) is 0 Å². The zero-order valence-corrected chi connectivity index (χ0v) is 16.5. The largest absolute Gasteiger partial charge is 0.385 e. The molecule has 3 N–H and O–H groups in total. The number of aliphatic hydroxyl groups is 1. The summed E-state index contributed by atoms with van der Waals surface area (Å²) in [5.74, 6) is 7.67. The van der Waals surface area contributed by atoms with Gasteiger partial charge in [-0.3, -0.25) is 0 Å². The van der Waals surface area contributed by atoms with Gasteiger partial charge >= 0.3 is 0 Å². The highest BCUT2D eigenvalue weighted by atomic mass is 16.5. The molecule has 4 rings (SSSR count). The minimum absolute atomic E-state index is 0.0337. The molecule has 1 fully saturated rings. The Kier molecular flexibility index (Phi) is 5.24. The Bertz CT molecular complexity index is 1040. The van der Waals surface area contributed by atoms with Crippen molar-refractivity contribution < 1.29 is 14.4 Å². The summed E-state index contributed by atoms with van der Waals surface area (Å²) in [5.41, 5.74) is 8.48. The summed E-state index contributed by atoms with van der Waals surface area (Å²) >= 11 is 0. The number of benzene rings is 1. The first-order chi connectivity index (χ1) is 14.0. The van der Waals surface area contributed by atoms with E-state index in [1.807, 2.05) is 34.9 Å². The average Bonchev–Trinajstić information content (AvgIpc) is 3.36. The maximum absolute atomic E-state index is 9.92. The van der Waals surface area contributed by atoms with E-state index in [1.165, 1.54) is 0 Å². The molecule has 1 aromatic carbocycles. The fourth-order valence-corrected chi connectivity index (χ4v) is 3.29. The summed E-state index contributed by atoms with van der Waals surface area (Å²) in [6.45, 7) is 5.46. The van der Waals surface area contributed by atoms with Crippen molar-refractivity contribution >= 4 is 0 Å². The normalized spacial score (nSPS) is 17.1. The highest BCUT2D eigenvalue weighted by Gasteiger charge is 2.31. The summed E-state index contributed by atoms with van der Waals surface area (Å²) in [5, 5.41) is 14.1. The molecule has 2 aromatic heterocycles. The third-order valence-corrected chi connectivity index (χ3v) is 5.02. The molecule has 0 saturated carbocycles. The molecule has 0 bridgehead atoms. The summed E-state index contributed by atoms with van der Waals surface area (Å²) in [6.07, 6.45) is 2.73. The van der Waals surface area contributed by atoms with Crippen molar-refractivity contribution in [3.05, 3.63) is 59.8 Å². The molecule has 150 valence electrons. The molecule has 3 heterocycles. The van der Waals surface area contributed by atoms with Crippen LogP contribution in [0.25, 0.3) is 11.3 Å². The molecule has 1 aliphatic rings. The molecule has 7 heteroatoms. The van der Waals surface area contributed by atoms with Gasteiger partial charge in [-0.25, -0.2) is 4.98 Å². The van der Waals surface area contributed by atoms with E-state index in [0.29, 0.717) is 37.0 Å². The Labute approximate surface area is 169 Å². The summed E-state index contributed by atoms with van der Waals surface area (Å²) in [4.78, 5) is 4.21. The molecule has 0 radical (unpaired) electrons. The minimum Gasteiger partial charge on any atom is -0.385 e. The third kappa shape index (κ3) is 3.96. The fraction of sp³-hybridized carbons (Fsp3) is 0.364. The molecular weight excluding hydrogens is 368 g/mol. The van der Waals surface area contributed by atoms with Crippen molar-refractivity contribution in [3.63, 3.8) is 0 Å². The smallest absolute Gasteiger partial charge is 0.167 e. The fourth-order valence-electron chi connectivity index (χ4n) is 3.29. The number of hydrogen-bond donors (Lipinski definition) is 2. The third-order valence-electron chi connectivity index (χ3n) is 5.02. The number of aromatic nitrogens is 3. The predicted octanol–water partition coefficient (Wildman–Crippen LogP) is 2.53. The summed E-state index contributed by atoms with van der Waals surface area (Å²) in [6, 6.07) is 9.46. The molecule has 29 heavy (non-hydrogen) atoms. The van der Waals surface area contributed by atoms with Crippen molar-refractivity contribution in [2.45, 2.75) is 26.0 Å². The van der Waals surface area contributed by atoms with Crippen LogP contribution >= 0.6 is 0 Å². The van der Waals surface area contributed by atoms with E-state index in [1.54, 1.807) is 19.3 Å². The summed E-state index contributed by atoms with van der Waals surface area (Å²) in [7, 11) is 0. The molecule has 2 atom stereocenters. The highest BCUT2D eigenvalue weighted by molar-refractivity contribution is 5.59. The van der Waals surface area contributed by atoms with Crippen LogP contribution in [0.3, 0.4) is 0 Å². The lowest BCUT2D eigenvalue weighted by Crippen LogP contribution is -2.38. The first-order valence-electron chi connectivity index (χ1n) is 9.58.